The number of aliphatic hydroxyl groups is 1. The van der Waals surface area contributed by atoms with Gasteiger partial charge in [-0.05, 0) is 31.5 Å². The number of hydrogen-bond acceptors (Lipinski definition) is 4. The smallest absolute Gasteiger partial charge is 0.224 e. The molecule has 2 N–H and O–H groups in total. The fourth-order valence-electron chi connectivity index (χ4n) is 1.76. The molecule has 19 heavy (non-hydrogen) atoms. The molecule has 1 aromatic carbocycles. The summed E-state index contributed by atoms with van der Waals surface area (Å²) in [5.74, 6) is 1.27. The van der Waals surface area contributed by atoms with Gasteiger partial charge in [0.2, 0.25) is 5.91 Å². The van der Waals surface area contributed by atoms with Gasteiger partial charge < -0.3 is 19.9 Å². The van der Waals surface area contributed by atoms with Crippen LogP contribution in [-0.4, -0.2) is 36.4 Å². The average molecular weight is 265 g/mol. The summed E-state index contributed by atoms with van der Waals surface area (Å²) in [5, 5.41) is 12.2. The number of fused-ring (bicyclic) bond motifs is 1. The molecule has 0 unspecified atom stereocenters. The number of rotatable bonds is 4. The second-order valence-electron chi connectivity index (χ2n) is 5.24. The summed E-state index contributed by atoms with van der Waals surface area (Å²) in [6, 6.07) is 5.47. The van der Waals surface area contributed by atoms with Crippen LogP contribution in [0, 0.1) is 0 Å². The molecule has 2 rings (SSSR count). The van der Waals surface area contributed by atoms with Gasteiger partial charge in [-0.2, -0.15) is 0 Å². The van der Waals surface area contributed by atoms with E-state index in [4.69, 9.17) is 9.47 Å². The van der Waals surface area contributed by atoms with Crippen molar-refractivity contribution >= 4 is 5.91 Å². The number of benzene rings is 1. The minimum atomic E-state index is -0.900. The van der Waals surface area contributed by atoms with Gasteiger partial charge in [0.05, 0.1) is 12.0 Å². The molecule has 0 spiro atoms. The van der Waals surface area contributed by atoms with Gasteiger partial charge in [0, 0.05) is 6.54 Å². The molecule has 1 aromatic rings. The lowest BCUT2D eigenvalue weighted by Crippen LogP contribution is -2.38. The fraction of sp³-hybridized carbons (Fsp3) is 0.500. The molecule has 1 aliphatic rings. The molecule has 104 valence electrons. The van der Waals surface area contributed by atoms with Crippen molar-refractivity contribution in [3.63, 3.8) is 0 Å². The maximum Gasteiger partial charge on any atom is 0.224 e. The van der Waals surface area contributed by atoms with Gasteiger partial charge in [-0.3, -0.25) is 4.79 Å². The molecule has 5 nitrogen and oxygen atoms in total. The quantitative estimate of drug-likeness (QED) is 0.848. The van der Waals surface area contributed by atoms with Gasteiger partial charge in [-0.1, -0.05) is 6.07 Å². The highest BCUT2D eigenvalue weighted by Crippen LogP contribution is 2.30. The third-order valence-electron chi connectivity index (χ3n) is 2.69. The van der Waals surface area contributed by atoms with E-state index in [2.05, 4.69) is 5.32 Å². The minimum Gasteiger partial charge on any atom is -0.486 e. The molecule has 1 amide bonds. The van der Waals surface area contributed by atoms with Crippen LogP contribution in [0.5, 0.6) is 11.5 Å². The predicted octanol–water partition coefficient (Wildman–Crippen LogP) is 0.887. The summed E-state index contributed by atoms with van der Waals surface area (Å²) in [7, 11) is 0. The van der Waals surface area contributed by atoms with Gasteiger partial charge in [-0.15, -0.1) is 0 Å². The van der Waals surface area contributed by atoms with Gasteiger partial charge in [-0.25, -0.2) is 0 Å². The number of carbonyl (C=O) groups excluding carboxylic acids is 1. The van der Waals surface area contributed by atoms with Gasteiger partial charge in [0.1, 0.15) is 13.2 Å². The van der Waals surface area contributed by atoms with Crippen molar-refractivity contribution in [2.75, 3.05) is 19.8 Å². The van der Waals surface area contributed by atoms with E-state index in [0.717, 1.165) is 5.56 Å². The number of amides is 1. The van der Waals surface area contributed by atoms with Crippen molar-refractivity contribution in [3.05, 3.63) is 23.8 Å². The monoisotopic (exact) mass is 265 g/mol. The number of nitrogens with one attached hydrogen (secondary N) is 1. The van der Waals surface area contributed by atoms with Crippen molar-refractivity contribution < 1.29 is 19.4 Å². The van der Waals surface area contributed by atoms with E-state index in [-0.39, 0.29) is 18.9 Å². The summed E-state index contributed by atoms with van der Waals surface area (Å²) >= 11 is 0. The molecule has 1 aliphatic heterocycles. The molecule has 0 radical (unpaired) electrons. The molecule has 0 aliphatic carbocycles. The van der Waals surface area contributed by atoms with Crippen LogP contribution in [0.15, 0.2) is 18.2 Å². The second kappa shape index (κ2) is 5.48. The molecule has 0 bridgehead atoms. The highest BCUT2D eigenvalue weighted by Gasteiger charge is 2.16. The van der Waals surface area contributed by atoms with Crippen LogP contribution in [0.1, 0.15) is 19.4 Å². The van der Waals surface area contributed by atoms with E-state index in [9.17, 15) is 9.90 Å². The van der Waals surface area contributed by atoms with Crippen LogP contribution in [0.2, 0.25) is 0 Å². The number of hydrogen-bond donors (Lipinski definition) is 2. The average Bonchev–Trinajstić information content (AvgIpc) is 2.35. The van der Waals surface area contributed by atoms with E-state index in [0.29, 0.717) is 24.7 Å². The van der Waals surface area contributed by atoms with E-state index in [1.165, 1.54) is 0 Å². The van der Waals surface area contributed by atoms with Crippen LogP contribution in [0.3, 0.4) is 0 Å². The zero-order chi connectivity index (χ0) is 13.9. The zero-order valence-corrected chi connectivity index (χ0v) is 11.2. The first kappa shape index (κ1) is 13.7. The Labute approximate surface area is 112 Å². The molecule has 5 heteroatoms. The Hall–Kier alpha value is -1.75. The molecule has 0 saturated heterocycles. The lowest BCUT2D eigenvalue weighted by Gasteiger charge is -2.19. The molecular weight excluding hydrogens is 246 g/mol. The Morgan fingerprint density at radius 1 is 1.32 bits per heavy atom. The molecule has 1 heterocycles. The fourth-order valence-corrected chi connectivity index (χ4v) is 1.76. The summed E-state index contributed by atoms with van der Waals surface area (Å²) in [5.41, 5.74) is -0.0415. The Morgan fingerprint density at radius 2 is 2.00 bits per heavy atom. The van der Waals surface area contributed by atoms with E-state index in [1.54, 1.807) is 13.8 Å². The van der Waals surface area contributed by atoms with E-state index < -0.39 is 5.60 Å². The molecular formula is C14H19NO4. The number of ether oxygens (including phenoxy) is 2. The Morgan fingerprint density at radius 3 is 2.68 bits per heavy atom. The first-order valence-corrected chi connectivity index (χ1v) is 6.32. The SMILES string of the molecule is CC(C)(O)CNC(=O)Cc1ccc2c(c1)OCCO2. The third kappa shape index (κ3) is 4.13. The molecule has 0 aromatic heterocycles. The van der Waals surface area contributed by atoms with Gasteiger partial charge in [0.15, 0.2) is 11.5 Å². The molecule has 0 fully saturated rings. The van der Waals surface area contributed by atoms with Crippen molar-refractivity contribution in [1.82, 2.24) is 5.32 Å². The van der Waals surface area contributed by atoms with Crippen molar-refractivity contribution in [3.8, 4) is 11.5 Å². The normalized spacial score (nSPS) is 14.1. The summed E-state index contributed by atoms with van der Waals surface area (Å²) in [6.07, 6.45) is 0.257. The lowest BCUT2D eigenvalue weighted by atomic mass is 10.1. The number of carbonyl (C=O) groups is 1. The molecule has 0 atom stereocenters. The zero-order valence-electron chi connectivity index (χ0n) is 11.2. The van der Waals surface area contributed by atoms with E-state index >= 15 is 0 Å². The Bertz CT molecular complexity index is 465. The van der Waals surface area contributed by atoms with Crippen LogP contribution in [-0.2, 0) is 11.2 Å². The topological polar surface area (TPSA) is 67.8 Å². The highest BCUT2D eigenvalue weighted by molar-refractivity contribution is 5.78. The largest absolute Gasteiger partial charge is 0.486 e. The maximum atomic E-state index is 11.7. The van der Waals surface area contributed by atoms with Crippen molar-refractivity contribution in [2.45, 2.75) is 25.9 Å². The van der Waals surface area contributed by atoms with E-state index in [1.807, 2.05) is 18.2 Å². The van der Waals surface area contributed by atoms with Crippen LogP contribution >= 0.6 is 0 Å². The Kier molecular flexibility index (Phi) is 3.95. The summed E-state index contributed by atoms with van der Waals surface area (Å²) in [4.78, 5) is 11.7. The predicted molar refractivity (Wildman–Crippen MR) is 70.4 cm³/mol. The minimum absolute atomic E-state index is 0.126. The third-order valence-corrected chi connectivity index (χ3v) is 2.69. The Balaban J connectivity index is 1.94. The first-order chi connectivity index (χ1) is 8.94. The van der Waals surface area contributed by atoms with Crippen molar-refractivity contribution in [2.24, 2.45) is 0 Å². The van der Waals surface area contributed by atoms with Gasteiger partial charge in [0.25, 0.3) is 0 Å². The van der Waals surface area contributed by atoms with Crippen molar-refractivity contribution in [1.29, 1.82) is 0 Å². The second-order valence-corrected chi connectivity index (χ2v) is 5.24. The van der Waals surface area contributed by atoms with Crippen LogP contribution in [0.4, 0.5) is 0 Å². The summed E-state index contributed by atoms with van der Waals surface area (Å²) < 4.78 is 10.9. The standard InChI is InChI=1S/C14H19NO4/c1-14(2,17)9-15-13(16)8-10-3-4-11-12(7-10)19-6-5-18-11/h3-4,7,17H,5-6,8-9H2,1-2H3,(H,15,16). The van der Waals surface area contributed by atoms with Crippen LogP contribution < -0.4 is 14.8 Å². The molecule has 0 saturated carbocycles. The summed E-state index contributed by atoms with van der Waals surface area (Å²) in [6.45, 7) is 4.62. The first-order valence-electron chi connectivity index (χ1n) is 6.32. The lowest BCUT2D eigenvalue weighted by molar-refractivity contribution is -0.121. The maximum absolute atomic E-state index is 11.7. The van der Waals surface area contributed by atoms with Crippen LogP contribution in [0.25, 0.3) is 0 Å². The van der Waals surface area contributed by atoms with Gasteiger partial charge >= 0.3 is 0 Å². The highest BCUT2D eigenvalue weighted by atomic mass is 16.6.